The summed E-state index contributed by atoms with van der Waals surface area (Å²) in [5, 5.41) is 3.70. The summed E-state index contributed by atoms with van der Waals surface area (Å²) in [6.07, 6.45) is 12.4. The molecule has 2 saturated heterocycles. The molecule has 61 heavy (non-hydrogen) atoms. The molecule has 2 fully saturated rings. The van der Waals surface area contributed by atoms with Crippen LogP contribution in [0.25, 0.3) is 21.8 Å². The Morgan fingerprint density at radius 2 is 1.10 bits per heavy atom. The van der Waals surface area contributed by atoms with Crippen molar-refractivity contribution in [1.29, 1.82) is 0 Å². The number of anilines is 2. The van der Waals surface area contributed by atoms with Crippen LogP contribution in [0, 0.1) is 11.8 Å². The van der Waals surface area contributed by atoms with Crippen molar-refractivity contribution in [3.05, 3.63) is 133 Å². The average molecular weight is 890 g/mol. The molecular formula is C52H69BrN6O2. The maximum Gasteiger partial charge on any atom is 0.226 e. The molecule has 2 aromatic heterocycles. The molecule has 2 aliphatic heterocycles. The molecule has 2 atom stereocenters. The summed E-state index contributed by atoms with van der Waals surface area (Å²) < 4.78 is 0. The van der Waals surface area contributed by atoms with Crippen LogP contribution in [0.1, 0.15) is 70.9 Å². The highest BCUT2D eigenvalue weighted by Crippen LogP contribution is 2.25. The molecular weight excluding hydrogens is 821 g/mol. The van der Waals surface area contributed by atoms with Crippen LogP contribution in [0.5, 0.6) is 0 Å². The Kier molecular flexibility index (Phi) is 19.1. The minimum Gasteiger partial charge on any atom is -0.361 e. The number of nitrogens with one attached hydrogen (secondary N) is 2. The zero-order valence-corrected chi connectivity index (χ0v) is 37.6. The highest BCUT2D eigenvalue weighted by Gasteiger charge is 2.25. The molecule has 9 heteroatoms. The van der Waals surface area contributed by atoms with E-state index >= 15 is 0 Å². The quantitative estimate of drug-likeness (QED) is 0.113. The van der Waals surface area contributed by atoms with Gasteiger partial charge in [-0.2, -0.15) is 0 Å². The molecule has 0 aliphatic carbocycles. The molecule has 8 rings (SSSR count). The van der Waals surface area contributed by atoms with Gasteiger partial charge in [-0.15, -0.1) is 0 Å². The number of hydrogen-bond acceptors (Lipinski definition) is 4. The van der Waals surface area contributed by atoms with Crippen molar-refractivity contribution in [2.45, 2.75) is 72.6 Å². The molecule has 6 aromatic rings. The first-order valence-electron chi connectivity index (χ1n) is 22.1. The number of aromatic amines is 2. The Hall–Kier alpha value is -4.70. The van der Waals surface area contributed by atoms with Crippen molar-refractivity contribution >= 4 is 60.9 Å². The number of aryl methyl sites for hydroxylation is 1. The van der Waals surface area contributed by atoms with Crippen LogP contribution in [0.4, 0.5) is 11.4 Å². The molecule has 0 bridgehead atoms. The van der Waals surface area contributed by atoms with E-state index in [4.69, 9.17) is 0 Å². The lowest BCUT2D eigenvalue weighted by Gasteiger charge is -2.35. The summed E-state index contributed by atoms with van der Waals surface area (Å²) in [6.45, 7) is 11.1. The van der Waals surface area contributed by atoms with Crippen LogP contribution in [0.3, 0.4) is 0 Å². The first-order chi connectivity index (χ1) is 29.4. The number of fused-ring (bicyclic) bond motifs is 2. The standard InChI is InChI=1S/C25H31N3O.C16H24N2O.C10H10BrN.CH4/c1-2-25(29)28(22-10-4-3-5-11-22)19-20-9-8-15-27(18-20)16-14-21-17-26-24-13-7-6-12-23(21)24;1-3-16(19)18(15-9-5-4-6-10-15)13-14-8-7-11-17(2)12-14;11-6-5-8-7-12-10-4-2-1-3-9(8)10;/h3-7,10-13,17,20,26H,2,8-9,14-16,18-19H2,1H3;4-6,9-10,14H,3,7-8,11-13H2,1-2H3;1-4,7,12H,5-6H2;1H4/t20-;14-;;/m11../s1. The van der Waals surface area contributed by atoms with Gasteiger partial charge >= 0.3 is 0 Å². The lowest BCUT2D eigenvalue weighted by atomic mass is 9.96. The number of likely N-dealkylation sites (tertiary alicyclic amines) is 2. The monoisotopic (exact) mass is 888 g/mol. The molecule has 0 spiro atoms. The summed E-state index contributed by atoms with van der Waals surface area (Å²) in [7, 11) is 2.17. The van der Waals surface area contributed by atoms with Crippen molar-refractivity contribution < 1.29 is 9.59 Å². The van der Waals surface area contributed by atoms with E-state index < -0.39 is 0 Å². The zero-order valence-electron chi connectivity index (χ0n) is 36.0. The van der Waals surface area contributed by atoms with E-state index in [1.807, 2.05) is 84.3 Å². The second-order valence-electron chi connectivity index (χ2n) is 16.4. The van der Waals surface area contributed by atoms with Gasteiger partial charge in [-0.1, -0.05) is 110 Å². The summed E-state index contributed by atoms with van der Waals surface area (Å²) in [5.41, 5.74) is 7.29. The van der Waals surface area contributed by atoms with Crippen molar-refractivity contribution in [3.63, 3.8) is 0 Å². The van der Waals surface area contributed by atoms with E-state index in [9.17, 15) is 9.59 Å². The number of piperidine rings is 2. The van der Waals surface area contributed by atoms with Crippen molar-refractivity contribution in [2.75, 3.05) is 68.0 Å². The number of nitrogens with zero attached hydrogens (tertiary/aromatic N) is 4. The zero-order chi connectivity index (χ0) is 42.1. The van der Waals surface area contributed by atoms with E-state index in [0.717, 1.165) is 68.8 Å². The normalized spacial score (nSPS) is 16.7. The van der Waals surface area contributed by atoms with Crippen LogP contribution < -0.4 is 9.80 Å². The van der Waals surface area contributed by atoms with Crippen LogP contribution in [-0.2, 0) is 22.4 Å². The predicted molar refractivity (Wildman–Crippen MR) is 262 cm³/mol. The minimum absolute atomic E-state index is 0. The molecule has 4 heterocycles. The third kappa shape index (κ3) is 13.6. The van der Waals surface area contributed by atoms with Gasteiger partial charge in [0.05, 0.1) is 0 Å². The fraction of sp³-hybridized carbons (Fsp3) is 0.423. The molecule has 2 N–H and O–H groups in total. The number of para-hydroxylation sites is 4. The molecule has 8 nitrogen and oxygen atoms in total. The van der Waals surface area contributed by atoms with Gasteiger partial charge in [0.15, 0.2) is 0 Å². The average Bonchev–Trinajstić information content (AvgIpc) is 3.91. The lowest BCUT2D eigenvalue weighted by molar-refractivity contribution is -0.119. The number of halogens is 1. The summed E-state index contributed by atoms with van der Waals surface area (Å²) >= 11 is 3.44. The van der Waals surface area contributed by atoms with Gasteiger partial charge in [0.1, 0.15) is 0 Å². The Labute approximate surface area is 373 Å². The first kappa shape index (κ1) is 47.4. The molecule has 2 aliphatic rings. The predicted octanol–water partition coefficient (Wildman–Crippen LogP) is 11.4. The van der Waals surface area contributed by atoms with Crippen molar-refractivity contribution in [2.24, 2.45) is 11.8 Å². The number of H-pyrrole nitrogens is 2. The van der Waals surface area contributed by atoms with E-state index in [2.05, 4.69) is 104 Å². The van der Waals surface area contributed by atoms with Crippen LogP contribution in [0.2, 0.25) is 0 Å². The van der Waals surface area contributed by atoms with Gasteiger partial charge in [0.25, 0.3) is 0 Å². The summed E-state index contributed by atoms with van der Waals surface area (Å²) in [4.78, 5) is 40.3. The highest BCUT2D eigenvalue weighted by atomic mass is 79.9. The largest absolute Gasteiger partial charge is 0.361 e. The number of aromatic nitrogens is 2. The number of amides is 2. The molecule has 0 radical (unpaired) electrons. The van der Waals surface area contributed by atoms with Crippen LogP contribution >= 0.6 is 15.9 Å². The fourth-order valence-corrected chi connectivity index (χ4v) is 9.23. The maximum absolute atomic E-state index is 12.6. The Balaban J connectivity index is 0.000000189. The second kappa shape index (κ2) is 24.7. The molecule has 2 amide bonds. The number of hydrogen-bond donors (Lipinski definition) is 2. The number of carbonyl (C=O) groups excluding carboxylic acids is 2. The van der Waals surface area contributed by atoms with Gasteiger partial charge in [0, 0.05) is 96.5 Å². The van der Waals surface area contributed by atoms with Gasteiger partial charge in [-0.25, -0.2) is 0 Å². The van der Waals surface area contributed by atoms with E-state index in [0.29, 0.717) is 24.7 Å². The van der Waals surface area contributed by atoms with E-state index in [-0.39, 0.29) is 19.2 Å². The first-order valence-corrected chi connectivity index (χ1v) is 23.3. The maximum atomic E-state index is 12.6. The second-order valence-corrected chi connectivity index (χ2v) is 17.2. The summed E-state index contributed by atoms with van der Waals surface area (Å²) in [5.74, 6) is 1.56. The van der Waals surface area contributed by atoms with Gasteiger partial charge in [0.2, 0.25) is 11.8 Å². The van der Waals surface area contributed by atoms with Gasteiger partial charge in [-0.3, -0.25) is 9.59 Å². The third-order valence-electron chi connectivity index (χ3n) is 12.0. The van der Waals surface area contributed by atoms with Crippen LogP contribution in [0.15, 0.2) is 122 Å². The fourth-order valence-electron chi connectivity index (χ4n) is 8.80. The molecule has 326 valence electrons. The molecule has 0 saturated carbocycles. The highest BCUT2D eigenvalue weighted by molar-refractivity contribution is 9.09. The Morgan fingerprint density at radius 3 is 1.59 bits per heavy atom. The topological polar surface area (TPSA) is 78.7 Å². The summed E-state index contributed by atoms with van der Waals surface area (Å²) in [6, 6.07) is 37.1. The number of carbonyl (C=O) groups is 2. The number of benzene rings is 4. The third-order valence-corrected chi connectivity index (χ3v) is 12.4. The molecule has 4 aromatic carbocycles. The van der Waals surface area contributed by atoms with Gasteiger partial charge < -0.3 is 29.6 Å². The van der Waals surface area contributed by atoms with Crippen LogP contribution in [-0.4, -0.2) is 89.8 Å². The van der Waals surface area contributed by atoms with Crippen molar-refractivity contribution in [3.8, 4) is 0 Å². The Morgan fingerprint density at radius 1 is 0.639 bits per heavy atom. The lowest BCUT2D eigenvalue weighted by Crippen LogP contribution is -2.43. The Bertz CT molecular complexity index is 2190. The number of alkyl halides is 1. The number of rotatable bonds is 13. The smallest absolute Gasteiger partial charge is 0.226 e. The minimum atomic E-state index is 0. The van der Waals surface area contributed by atoms with E-state index in [1.165, 1.54) is 65.2 Å². The van der Waals surface area contributed by atoms with E-state index in [1.54, 1.807) is 0 Å². The van der Waals surface area contributed by atoms with Crippen molar-refractivity contribution in [1.82, 2.24) is 19.8 Å². The molecule has 0 unspecified atom stereocenters. The van der Waals surface area contributed by atoms with Gasteiger partial charge in [-0.05, 0) is 118 Å². The SMILES string of the molecule is BrCCc1c[nH]c2ccccc12.C.CCC(=O)N(C[C@@H]1CCCN(C)C1)c1ccccc1.CCC(=O)N(C[C@@H]1CCCN(CCc2c[nH]c3ccccc23)C1)c1ccccc1.